The molecule has 0 aromatic heterocycles. The highest BCUT2D eigenvalue weighted by molar-refractivity contribution is 5.02. The first-order valence-electron chi connectivity index (χ1n) is 14.6. The van der Waals surface area contributed by atoms with E-state index in [0.717, 1.165) is 36.0 Å². The van der Waals surface area contributed by atoms with Gasteiger partial charge in [-0.1, -0.05) is 78.1 Å². The molecule has 3 fully saturated rings. The number of hydrogen-bond donors (Lipinski definition) is 0. The van der Waals surface area contributed by atoms with Gasteiger partial charge in [0.25, 0.3) is 0 Å². The van der Waals surface area contributed by atoms with Crippen LogP contribution in [0.5, 0.6) is 0 Å². The first kappa shape index (κ1) is 25.1. The number of rotatable bonds is 11. The Labute approximate surface area is 195 Å². The third-order valence-electron chi connectivity index (χ3n) is 9.99. The van der Waals surface area contributed by atoms with E-state index in [1.54, 1.807) is 12.8 Å². The Kier molecular flexibility index (Phi) is 10.7. The molecule has 1 nitrogen and oxygen atoms in total. The van der Waals surface area contributed by atoms with E-state index < -0.39 is 0 Å². The van der Waals surface area contributed by atoms with Gasteiger partial charge in [-0.25, -0.2) is 0 Å². The van der Waals surface area contributed by atoms with Crippen LogP contribution in [0.15, 0.2) is 0 Å². The van der Waals surface area contributed by atoms with Gasteiger partial charge >= 0.3 is 0 Å². The van der Waals surface area contributed by atoms with E-state index in [0.29, 0.717) is 0 Å². The van der Waals surface area contributed by atoms with Crippen LogP contribution in [0, 0.1) is 46.3 Å². The molecule has 0 radical (unpaired) electrons. The zero-order valence-electron chi connectivity index (χ0n) is 21.2. The minimum absolute atomic E-state index is 0.0397. The summed E-state index contributed by atoms with van der Waals surface area (Å²) in [6, 6.07) is 2.77. The summed E-state index contributed by atoms with van der Waals surface area (Å²) in [6.07, 6.45) is 29.6. The molecule has 0 aromatic carbocycles. The van der Waals surface area contributed by atoms with E-state index in [-0.39, 0.29) is 5.41 Å². The fourth-order valence-corrected chi connectivity index (χ4v) is 7.69. The summed E-state index contributed by atoms with van der Waals surface area (Å²) in [5.41, 5.74) is 0.0397. The average Bonchev–Trinajstić information content (AvgIpc) is 2.83. The maximum Gasteiger partial charge on any atom is 0.0689 e. The zero-order chi connectivity index (χ0) is 21.9. The third kappa shape index (κ3) is 7.51. The molecule has 0 saturated heterocycles. The summed E-state index contributed by atoms with van der Waals surface area (Å²) in [5.74, 6) is 5.09. The first-order valence-corrected chi connectivity index (χ1v) is 14.6. The van der Waals surface area contributed by atoms with Crippen LogP contribution in [-0.4, -0.2) is 0 Å². The number of unbranched alkanes of at least 4 members (excludes halogenated alkanes) is 5. The Morgan fingerprint density at radius 3 is 1.61 bits per heavy atom. The van der Waals surface area contributed by atoms with Crippen molar-refractivity contribution in [3.05, 3.63) is 0 Å². The molecule has 3 aliphatic carbocycles. The second-order valence-corrected chi connectivity index (χ2v) is 12.0. The van der Waals surface area contributed by atoms with E-state index in [1.165, 1.54) is 116 Å². The topological polar surface area (TPSA) is 23.8 Å². The first-order chi connectivity index (χ1) is 15.2. The van der Waals surface area contributed by atoms with Gasteiger partial charge in [-0.15, -0.1) is 0 Å². The maximum absolute atomic E-state index is 9.86. The van der Waals surface area contributed by atoms with Crippen LogP contribution in [0.4, 0.5) is 0 Å². The monoisotopic (exact) mass is 427 g/mol. The summed E-state index contributed by atoms with van der Waals surface area (Å²) in [7, 11) is 0. The molecule has 0 N–H and O–H groups in total. The molecule has 3 rings (SSSR count). The number of nitriles is 1. The van der Waals surface area contributed by atoms with Crippen LogP contribution in [0.1, 0.15) is 149 Å². The highest BCUT2D eigenvalue weighted by Crippen LogP contribution is 2.49. The summed E-state index contributed by atoms with van der Waals surface area (Å²) < 4.78 is 0. The lowest BCUT2D eigenvalue weighted by Gasteiger charge is -2.43. The molecule has 0 aromatic rings. The molecule has 0 heterocycles. The largest absolute Gasteiger partial charge is 0.198 e. The highest BCUT2D eigenvalue weighted by atomic mass is 14.5. The molecule has 0 amide bonds. The summed E-state index contributed by atoms with van der Waals surface area (Å²) in [4.78, 5) is 0. The van der Waals surface area contributed by atoms with Crippen LogP contribution >= 0.6 is 0 Å². The van der Waals surface area contributed by atoms with Crippen LogP contribution < -0.4 is 0 Å². The van der Waals surface area contributed by atoms with Crippen molar-refractivity contribution in [1.29, 1.82) is 5.26 Å². The van der Waals surface area contributed by atoms with Gasteiger partial charge in [0.15, 0.2) is 0 Å². The van der Waals surface area contributed by atoms with Crippen molar-refractivity contribution >= 4 is 0 Å². The standard InChI is InChI=1S/C30H53N/c1-3-5-7-8-10-25-11-13-26(14-12-25)27-15-17-28(18-16-27)29-19-22-30(24-31,23-20-29)21-9-6-4-2/h25-29H,3-23H2,1-2H3. The molecule has 0 aliphatic heterocycles. The maximum atomic E-state index is 9.86. The van der Waals surface area contributed by atoms with Gasteiger partial charge in [0.05, 0.1) is 11.5 Å². The molecular formula is C30H53N. The minimum atomic E-state index is 0.0397. The fraction of sp³-hybridized carbons (Fsp3) is 0.967. The van der Waals surface area contributed by atoms with E-state index in [9.17, 15) is 5.26 Å². The second kappa shape index (κ2) is 13.3. The zero-order valence-corrected chi connectivity index (χ0v) is 21.2. The van der Waals surface area contributed by atoms with Gasteiger partial charge in [-0.2, -0.15) is 5.26 Å². The van der Waals surface area contributed by atoms with Crippen molar-refractivity contribution in [2.75, 3.05) is 0 Å². The van der Waals surface area contributed by atoms with Gasteiger partial charge in [0.1, 0.15) is 0 Å². The van der Waals surface area contributed by atoms with Crippen molar-refractivity contribution in [3.8, 4) is 6.07 Å². The molecule has 31 heavy (non-hydrogen) atoms. The Bertz CT molecular complexity index is 507. The van der Waals surface area contributed by atoms with E-state index in [2.05, 4.69) is 19.9 Å². The van der Waals surface area contributed by atoms with Gasteiger partial charge in [0.2, 0.25) is 0 Å². The lowest BCUT2D eigenvalue weighted by Crippen LogP contribution is -2.32. The lowest BCUT2D eigenvalue weighted by atomic mass is 9.62. The molecule has 0 spiro atoms. The van der Waals surface area contributed by atoms with E-state index in [4.69, 9.17) is 0 Å². The van der Waals surface area contributed by atoms with Gasteiger partial charge in [-0.3, -0.25) is 0 Å². The highest BCUT2D eigenvalue weighted by Gasteiger charge is 2.39. The smallest absolute Gasteiger partial charge is 0.0689 e. The number of nitrogens with zero attached hydrogens (tertiary/aromatic N) is 1. The Hall–Kier alpha value is -0.510. The Morgan fingerprint density at radius 2 is 1.10 bits per heavy atom. The van der Waals surface area contributed by atoms with Gasteiger partial charge in [0, 0.05) is 0 Å². The lowest BCUT2D eigenvalue weighted by molar-refractivity contribution is 0.0897. The molecule has 0 unspecified atom stereocenters. The van der Waals surface area contributed by atoms with Crippen LogP contribution in [-0.2, 0) is 0 Å². The van der Waals surface area contributed by atoms with Crippen LogP contribution in [0.3, 0.4) is 0 Å². The fourth-order valence-electron chi connectivity index (χ4n) is 7.69. The summed E-state index contributed by atoms with van der Waals surface area (Å²) >= 11 is 0. The molecular weight excluding hydrogens is 374 g/mol. The third-order valence-corrected chi connectivity index (χ3v) is 9.99. The second-order valence-electron chi connectivity index (χ2n) is 12.0. The van der Waals surface area contributed by atoms with Crippen LogP contribution in [0.2, 0.25) is 0 Å². The van der Waals surface area contributed by atoms with Crippen molar-refractivity contribution in [2.45, 2.75) is 149 Å². The average molecular weight is 428 g/mol. The minimum Gasteiger partial charge on any atom is -0.198 e. The quantitative estimate of drug-likeness (QED) is 0.301. The van der Waals surface area contributed by atoms with Gasteiger partial charge in [-0.05, 0) is 100 Å². The van der Waals surface area contributed by atoms with Gasteiger partial charge < -0.3 is 0 Å². The Balaban J connectivity index is 1.33. The predicted molar refractivity (Wildman–Crippen MR) is 134 cm³/mol. The van der Waals surface area contributed by atoms with Crippen molar-refractivity contribution in [3.63, 3.8) is 0 Å². The van der Waals surface area contributed by atoms with Crippen molar-refractivity contribution in [1.82, 2.24) is 0 Å². The SMILES string of the molecule is CCCCCCC1CCC(C2CCC(C3CCC(C#N)(CCCCC)CC3)CC2)CC1. The van der Waals surface area contributed by atoms with Crippen molar-refractivity contribution in [2.24, 2.45) is 35.0 Å². The molecule has 3 saturated carbocycles. The molecule has 178 valence electrons. The normalized spacial score (nSPS) is 36.7. The van der Waals surface area contributed by atoms with E-state index >= 15 is 0 Å². The molecule has 0 atom stereocenters. The van der Waals surface area contributed by atoms with Crippen molar-refractivity contribution < 1.29 is 0 Å². The van der Waals surface area contributed by atoms with Crippen LogP contribution in [0.25, 0.3) is 0 Å². The molecule has 1 heteroatoms. The predicted octanol–water partition coefficient (Wildman–Crippen LogP) is 9.85. The summed E-state index contributed by atoms with van der Waals surface area (Å²) in [5, 5.41) is 9.86. The molecule has 3 aliphatic rings. The Morgan fingerprint density at radius 1 is 0.613 bits per heavy atom. The molecule has 0 bridgehead atoms. The number of hydrogen-bond acceptors (Lipinski definition) is 1. The summed E-state index contributed by atoms with van der Waals surface area (Å²) in [6.45, 7) is 4.59. The van der Waals surface area contributed by atoms with E-state index in [1.807, 2.05) is 0 Å².